The molecule has 0 saturated heterocycles. The molecule has 0 aromatic carbocycles. The maximum atomic E-state index is 9.35. The summed E-state index contributed by atoms with van der Waals surface area (Å²) in [6, 6.07) is 0. The molecule has 0 N–H and O–H groups in total. The zero-order chi connectivity index (χ0) is 9.33. The van der Waals surface area contributed by atoms with Crippen LogP contribution in [0, 0.1) is 0 Å². The second kappa shape index (κ2) is 8.33. The third-order valence-corrected chi connectivity index (χ3v) is 2.00. The van der Waals surface area contributed by atoms with Crippen molar-refractivity contribution in [1.29, 1.82) is 0 Å². The molecule has 0 amide bonds. The Morgan fingerprint density at radius 1 is 1.36 bits per heavy atom. The summed E-state index contributed by atoms with van der Waals surface area (Å²) in [7, 11) is 0. The summed E-state index contributed by atoms with van der Waals surface area (Å²) in [4.78, 5) is 0. The van der Waals surface area contributed by atoms with E-state index >= 15 is 0 Å². The van der Waals surface area contributed by atoms with Crippen molar-refractivity contribution in [2.75, 3.05) is 0 Å². The molecule has 3 nitrogen and oxygen atoms in total. The molecule has 0 aliphatic carbocycles. The van der Waals surface area contributed by atoms with Crippen molar-refractivity contribution in [3.8, 4) is 0 Å². The summed E-state index contributed by atoms with van der Waals surface area (Å²) in [6.45, 7) is 9.95. The van der Waals surface area contributed by atoms with Gasteiger partial charge in [0.15, 0.2) is 0 Å². The Hall–Kier alpha value is 0.230. The van der Waals surface area contributed by atoms with Gasteiger partial charge in [-0.05, 0) is 20.3 Å². The Bertz CT molecular complexity index is 76.1. The van der Waals surface area contributed by atoms with Crippen LogP contribution in [0.4, 0.5) is 0 Å². The van der Waals surface area contributed by atoms with Crippen LogP contribution in [0.15, 0.2) is 0 Å². The van der Waals surface area contributed by atoms with Gasteiger partial charge < -0.3 is 5.26 Å². The highest BCUT2D eigenvalue weighted by molar-refractivity contribution is 7.95. The van der Waals surface area contributed by atoms with Gasteiger partial charge in [0.25, 0.3) is 0 Å². The molecule has 0 fully saturated rings. The van der Waals surface area contributed by atoms with E-state index in [0.717, 1.165) is 18.5 Å². The Kier molecular flexibility index (Phi) is 10.4. The third-order valence-electron chi connectivity index (χ3n) is 1.14. The van der Waals surface area contributed by atoms with Crippen molar-refractivity contribution >= 4 is 12.0 Å². The van der Waals surface area contributed by atoms with Crippen LogP contribution >= 0.6 is 12.0 Å². The van der Waals surface area contributed by atoms with Crippen molar-refractivity contribution in [1.82, 2.24) is 0 Å². The van der Waals surface area contributed by atoms with E-state index in [2.05, 4.69) is 9.37 Å². The topological polar surface area (TPSA) is 41.5 Å². The summed E-state index contributed by atoms with van der Waals surface area (Å²) in [5, 5.41) is 12.5. The molecule has 0 aliphatic rings. The van der Waals surface area contributed by atoms with Gasteiger partial charge in [0.1, 0.15) is 0 Å². The molecular formula is C7H17O3S-. The Balaban J connectivity index is 0. The fourth-order valence-electron chi connectivity index (χ4n) is 0.165. The highest BCUT2D eigenvalue weighted by Crippen LogP contribution is 2.27. The minimum absolute atomic E-state index is 0.0373. The Morgan fingerprint density at radius 2 is 1.82 bits per heavy atom. The van der Waals surface area contributed by atoms with Gasteiger partial charge >= 0.3 is 0 Å². The van der Waals surface area contributed by atoms with Crippen LogP contribution in [0.2, 0.25) is 0 Å². The molecule has 0 rings (SSSR count). The SMILES string of the molecule is CC.CCC(C)(C)SOO[O-]. The quantitative estimate of drug-likeness (QED) is 0.378. The van der Waals surface area contributed by atoms with E-state index < -0.39 is 0 Å². The van der Waals surface area contributed by atoms with Crippen LogP contribution in [0.1, 0.15) is 41.0 Å². The second-order valence-corrected chi connectivity index (χ2v) is 3.74. The summed E-state index contributed by atoms with van der Waals surface area (Å²) in [5.74, 6) is 0. The fraction of sp³-hybridized carbons (Fsp3) is 1.00. The van der Waals surface area contributed by atoms with Gasteiger partial charge in [-0.15, -0.1) is 0 Å². The summed E-state index contributed by atoms with van der Waals surface area (Å²) >= 11 is 1.04. The van der Waals surface area contributed by atoms with Crippen molar-refractivity contribution in [3.63, 3.8) is 0 Å². The van der Waals surface area contributed by atoms with Crippen LogP contribution in [0.25, 0.3) is 0 Å². The van der Waals surface area contributed by atoms with Crippen LogP contribution in [-0.4, -0.2) is 4.75 Å². The maximum absolute atomic E-state index is 9.35. The molecule has 11 heavy (non-hydrogen) atoms. The molecular weight excluding hydrogens is 164 g/mol. The predicted molar refractivity (Wildman–Crippen MR) is 45.5 cm³/mol. The monoisotopic (exact) mass is 181 g/mol. The van der Waals surface area contributed by atoms with Crippen molar-refractivity contribution < 1.29 is 14.6 Å². The van der Waals surface area contributed by atoms with E-state index in [9.17, 15) is 5.26 Å². The van der Waals surface area contributed by atoms with E-state index in [1.807, 2.05) is 34.6 Å². The van der Waals surface area contributed by atoms with Gasteiger partial charge in [-0.1, -0.05) is 20.8 Å². The van der Waals surface area contributed by atoms with Crippen LogP contribution < -0.4 is 5.26 Å². The number of rotatable bonds is 4. The molecule has 0 aromatic rings. The lowest BCUT2D eigenvalue weighted by Crippen LogP contribution is -2.15. The summed E-state index contributed by atoms with van der Waals surface area (Å²) in [6.07, 6.45) is 0.932. The minimum Gasteiger partial charge on any atom is -0.691 e. The van der Waals surface area contributed by atoms with E-state index in [-0.39, 0.29) is 4.75 Å². The molecule has 0 aromatic heterocycles. The first kappa shape index (κ1) is 13.8. The lowest BCUT2D eigenvalue weighted by molar-refractivity contribution is -0.777. The second-order valence-electron chi connectivity index (χ2n) is 2.33. The zero-order valence-electron chi connectivity index (χ0n) is 7.84. The fourth-order valence-corrected chi connectivity index (χ4v) is 0.495. The molecule has 0 heterocycles. The van der Waals surface area contributed by atoms with Crippen molar-refractivity contribution in [2.24, 2.45) is 0 Å². The molecule has 0 unspecified atom stereocenters. The summed E-state index contributed by atoms with van der Waals surface area (Å²) < 4.78 is 4.11. The lowest BCUT2D eigenvalue weighted by atomic mass is 10.1. The molecule has 0 aliphatic heterocycles. The zero-order valence-corrected chi connectivity index (χ0v) is 8.66. The Morgan fingerprint density at radius 3 is 2.09 bits per heavy atom. The minimum atomic E-state index is -0.0373. The molecule has 4 heteroatoms. The highest BCUT2D eigenvalue weighted by Gasteiger charge is 2.16. The van der Waals surface area contributed by atoms with Gasteiger partial charge in [0, 0.05) is 16.8 Å². The van der Waals surface area contributed by atoms with Crippen LogP contribution in [0.5, 0.6) is 0 Å². The Labute approximate surface area is 73.1 Å². The van der Waals surface area contributed by atoms with E-state index in [1.54, 1.807) is 0 Å². The predicted octanol–water partition coefficient (Wildman–Crippen LogP) is 2.07. The lowest BCUT2D eigenvalue weighted by Gasteiger charge is -2.19. The van der Waals surface area contributed by atoms with Crippen LogP contribution in [0.3, 0.4) is 0 Å². The van der Waals surface area contributed by atoms with E-state index in [0.29, 0.717) is 0 Å². The standard InChI is InChI=1S/C5H12O3S.C2H6/c1-4-5(2,3)9-8-7-6;1-2/h6H,4H2,1-3H3;1-2H3/p-1. The first-order valence-corrected chi connectivity index (χ1v) is 4.51. The smallest absolute Gasteiger partial charge is 0.0395 e. The maximum Gasteiger partial charge on any atom is 0.0395 e. The van der Waals surface area contributed by atoms with E-state index in [4.69, 9.17) is 0 Å². The van der Waals surface area contributed by atoms with Crippen molar-refractivity contribution in [3.05, 3.63) is 0 Å². The van der Waals surface area contributed by atoms with E-state index in [1.165, 1.54) is 0 Å². The summed E-state index contributed by atoms with van der Waals surface area (Å²) in [5.41, 5.74) is 0. The van der Waals surface area contributed by atoms with Gasteiger partial charge in [0.05, 0.1) is 0 Å². The molecule has 0 saturated carbocycles. The van der Waals surface area contributed by atoms with Gasteiger partial charge in [-0.2, -0.15) is 4.33 Å². The molecule has 0 atom stereocenters. The molecule has 0 radical (unpaired) electrons. The number of hydrogen-bond donors (Lipinski definition) is 0. The highest BCUT2D eigenvalue weighted by atomic mass is 32.2. The average Bonchev–Trinajstić information content (AvgIpc) is 2.05. The normalized spacial score (nSPS) is 10.4. The molecule has 0 bridgehead atoms. The molecule has 0 spiro atoms. The first-order chi connectivity index (χ1) is 5.12. The van der Waals surface area contributed by atoms with Crippen LogP contribution in [-0.2, 0) is 9.37 Å². The van der Waals surface area contributed by atoms with Gasteiger partial charge in [-0.3, -0.25) is 5.04 Å². The van der Waals surface area contributed by atoms with Crippen molar-refractivity contribution in [2.45, 2.75) is 45.8 Å². The average molecular weight is 181 g/mol. The number of hydrogen-bond acceptors (Lipinski definition) is 4. The van der Waals surface area contributed by atoms with Gasteiger partial charge in [-0.25, -0.2) is 0 Å². The largest absolute Gasteiger partial charge is 0.691 e. The van der Waals surface area contributed by atoms with Gasteiger partial charge in [0.2, 0.25) is 0 Å². The first-order valence-electron chi connectivity index (χ1n) is 3.76. The third kappa shape index (κ3) is 10.2. The molecule has 70 valence electrons.